The van der Waals surface area contributed by atoms with Gasteiger partial charge in [-0.3, -0.25) is 0 Å². The maximum atomic E-state index is 6.90. The van der Waals surface area contributed by atoms with Gasteiger partial charge >= 0.3 is 0 Å². The van der Waals surface area contributed by atoms with E-state index in [-0.39, 0.29) is 0 Å². The molecule has 0 fully saturated rings. The first kappa shape index (κ1) is 34.0. The van der Waals surface area contributed by atoms with E-state index < -0.39 is 5.41 Å². The van der Waals surface area contributed by atoms with Crippen molar-refractivity contribution in [3.05, 3.63) is 247 Å². The average molecular weight is 776 g/mol. The van der Waals surface area contributed by atoms with Gasteiger partial charge in [0.2, 0.25) is 0 Å². The molecule has 0 atom stereocenters. The van der Waals surface area contributed by atoms with Crippen LogP contribution in [0.15, 0.2) is 229 Å². The van der Waals surface area contributed by atoms with Gasteiger partial charge in [-0.05, 0) is 79.9 Å². The summed E-state index contributed by atoms with van der Waals surface area (Å²) < 4.78 is 6.90. The van der Waals surface area contributed by atoms with Gasteiger partial charge < -0.3 is 9.32 Å². The standard InChI is InChI=1S/C59H37NO/c1-3-19-38(20-4-1)40-23-12-16-34-52(40)60(54-37-47-56-41(39-21-5-2-6-22-39)29-17-36-55(56)61-58(47)45-27-8-7-26-44(45)54)53-35-18-33-51-57(53)46-28-11-15-32-50(46)59(51)48-30-13-9-24-42(48)43-25-10-14-31-49(43)59/h1-37H. The summed E-state index contributed by atoms with van der Waals surface area (Å²) in [6.45, 7) is 0. The molecule has 0 radical (unpaired) electrons. The minimum atomic E-state index is -0.475. The van der Waals surface area contributed by atoms with Gasteiger partial charge in [-0.25, -0.2) is 0 Å². The fourth-order valence-electron chi connectivity index (χ4n) is 10.9. The molecule has 0 aliphatic heterocycles. The van der Waals surface area contributed by atoms with Crippen LogP contribution < -0.4 is 4.90 Å². The summed E-state index contributed by atoms with van der Waals surface area (Å²) in [6.07, 6.45) is 0. The summed E-state index contributed by atoms with van der Waals surface area (Å²) in [4.78, 5) is 2.55. The lowest BCUT2D eigenvalue weighted by atomic mass is 9.70. The normalized spacial score (nSPS) is 13.0. The second kappa shape index (κ2) is 13.0. The number of rotatable bonds is 5. The third kappa shape index (κ3) is 4.67. The Morgan fingerprint density at radius 1 is 0.328 bits per heavy atom. The summed E-state index contributed by atoms with van der Waals surface area (Å²) in [5.74, 6) is 0. The third-order valence-electron chi connectivity index (χ3n) is 13.3. The van der Waals surface area contributed by atoms with Crippen LogP contribution in [0.25, 0.3) is 77.2 Å². The molecule has 1 heterocycles. The predicted molar refractivity (Wildman–Crippen MR) is 253 cm³/mol. The highest BCUT2D eigenvalue weighted by Crippen LogP contribution is 2.65. The van der Waals surface area contributed by atoms with Crippen LogP contribution in [0.4, 0.5) is 17.1 Å². The number of hydrogen-bond acceptors (Lipinski definition) is 2. The molecule has 0 N–H and O–H groups in total. The summed E-state index contributed by atoms with van der Waals surface area (Å²) in [5.41, 5.74) is 19.7. The number of anilines is 3. The Balaban J connectivity index is 1.18. The Labute approximate surface area is 354 Å². The van der Waals surface area contributed by atoms with Gasteiger partial charge in [-0.1, -0.05) is 200 Å². The minimum Gasteiger partial charge on any atom is -0.455 e. The Morgan fingerprint density at radius 2 is 0.820 bits per heavy atom. The number of furan rings is 1. The molecule has 13 rings (SSSR count). The quantitative estimate of drug-likeness (QED) is 0.173. The third-order valence-corrected chi connectivity index (χ3v) is 13.3. The van der Waals surface area contributed by atoms with Crippen molar-refractivity contribution in [3.63, 3.8) is 0 Å². The van der Waals surface area contributed by atoms with Gasteiger partial charge in [0.1, 0.15) is 11.2 Å². The Morgan fingerprint density at radius 3 is 1.52 bits per heavy atom. The molecule has 0 unspecified atom stereocenters. The van der Waals surface area contributed by atoms with Gasteiger partial charge in [0.25, 0.3) is 0 Å². The second-order valence-electron chi connectivity index (χ2n) is 16.3. The zero-order chi connectivity index (χ0) is 40.1. The largest absolute Gasteiger partial charge is 0.455 e. The second-order valence-corrected chi connectivity index (χ2v) is 16.3. The van der Waals surface area contributed by atoms with Crippen LogP contribution >= 0.6 is 0 Å². The smallest absolute Gasteiger partial charge is 0.143 e. The molecule has 1 aromatic heterocycles. The van der Waals surface area contributed by atoms with Crippen molar-refractivity contribution in [2.75, 3.05) is 4.90 Å². The van der Waals surface area contributed by atoms with Crippen LogP contribution in [-0.2, 0) is 5.41 Å². The first-order valence-electron chi connectivity index (χ1n) is 21.1. The number of para-hydroxylation sites is 1. The molecule has 0 bridgehead atoms. The molecule has 0 saturated heterocycles. The molecule has 0 saturated carbocycles. The molecule has 1 spiro atoms. The van der Waals surface area contributed by atoms with Crippen molar-refractivity contribution < 1.29 is 4.42 Å². The van der Waals surface area contributed by atoms with E-state index in [1.807, 2.05) is 0 Å². The first-order chi connectivity index (χ1) is 30.3. The zero-order valence-corrected chi connectivity index (χ0v) is 33.2. The van der Waals surface area contributed by atoms with Crippen molar-refractivity contribution in [2.45, 2.75) is 5.41 Å². The maximum Gasteiger partial charge on any atom is 0.143 e. The van der Waals surface area contributed by atoms with Crippen molar-refractivity contribution in [1.82, 2.24) is 0 Å². The van der Waals surface area contributed by atoms with Crippen LogP contribution in [0.3, 0.4) is 0 Å². The molecular weight excluding hydrogens is 739 g/mol. The van der Waals surface area contributed by atoms with Crippen LogP contribution in [-0.4, -0.2) is 0 Å². The van der Waals surface area contributed by atoms with Crippen LogP contribution in [0, 0.1) is 0 Å². The predicted octanol–water partition coefficient (Wildman–Crippen LogP) is 15.9. The molecule has 0 amide bonds. The number of nitrogens with zero attached hydrogens (tertiary/aromatic N) is 1. The van der Waals surface area contributed by atoms with Gasteiger partial charge in [0, 0.05) is 32.7 Å². The topological polar surface area (TPSA) is 16.4 Å². The monoisotopic (exact) mass is 775 g/mol. The van der Waals surface area contributed by atoms with E-state index in [0.29, 0.717) is 0 Å². The summed E-state index contributed by atoms with van der Waals surface area (Å²) in [5, 5.41) is 4.41. The Bertz CT molecular complexity index is 3500. The number of benzene rings is 10. The van der Waals surface area contributed by atoms with E-state index in [4.69, 9.17) is 4.42 Å². The zero-order valence-electron chi connectivity index (χ0n) is 33.2. The van der Waals surface area contributed by atoms with E-state index in [0.717, 1.165) is 72.0 Å². The minimum absolute atomic E-state index is 0.475. The van der Waals surface area contributed by atoms with Crippen molar-refractivity contribution in [2.24, 2.45) is 0 Å². The van der Waals surface area contributed by atoms with Crippen molar-refractivity contribution in [1.29, 1.82) is 0 Å². The van der Waals surface area contributed by atoms with Crippen LogP contribution in [0.1, 0.15) is 22.3 Å². The van der Waals surface area contributed by atoms with Gasteiger partial charge in [-0.15, -0.1) is 0 Å². The van der Waals surface area contributed by atoms with E-state index in [1.54, 1.807) is 0 Å². The van der Waals surface area contributed by atoms with Gasteiger partial charge in [-0.2, -0.15) is 0 Å². The fraction of sp³-hybridized carbons (Fsp3) is 0.0169. The van der Waals surface area contributed by atoms with E-state index in [9.17, 15) is 0 Å². The molecule has 2 aliphatic rings. The van der Waals surface area contributed by atoms with Gasteiger partial charge in [0.05, 0.1) is 22.5 Å². The molecule has 2 heteroatoms. The SMILES string of the molecule is c1ccc(-c2ccccc2N(c2cccc3c2-c2ccccc2C32c3ccccc3-c3ccccc32)c2cc3c(oc4cccc(-c5ccccc5)c43)c3ccccc23)cc1. The number of hydrogen-bond donors (Lipinski definition) is 0. The van der Waals surface area contributed by atoms with Crippen LogP contribution in [0.2, 0.25) is 0 Å². The fourth-order valence-corrected chi connectivity index (χ4v) is 10.9. The van der Waals surface area contributed by atoms with Crippen LogP contribution in [0.5, 0.6) is 0 Å². The van der Waals surface area contributed by atoms with E-state index in [1.165, 1.54) is 44.5 Å². The molecule has 2 aliphatic carbocycles. The lowest BCUT2D eigenvalue weighted by Crippen LogP contribution is -2.26. The lowest BCUT2D eigenvalue weighted by Gasteiger charge is -2.33. The molecular formula is C59H37NO. The highest BCUT2D eigenvalue weighted by Gasteiger charge is 2.52. The molecule has 10 aromatic carbocycles. The Kier molecular flexibility index (Phi) is 7.26. The van der Waals surface area contributed by atoms with E-state index in [2.05, 4.69) is 229 Å². The Hall–Kier alpha value is -7.94. The van der Waals surface area contributed by atoms with E-state index >= 15 is 0 Å². The highest BCUT2D eigenvalue weighted by atomic mass is 16.3. The molecule has 61 heavy (non-hydrogen) atoms. The van der Waals surface area contributed by atoms with Crippen molar-refractivity contribution >= 4 is 49.8 Å². The maximum absolute atomic E-state index is 6.90. The summed E-state index contributed by atoms with van der Waals surface area (Å²) in [6, 6.07) is 82.2. The average Bonchev–Trinajstić information content (AvgIpc) is 3.97. The summed E-state index contributed by atoms with van der Waals surface area (Å²) >= 11 is 0. The highest BCUT2D eigenvalue weighted by molar-refractivity contribution is 6.23. The molecule has 284 valence electrons. The first-order valence-corrected chi connectivity index (χ1v) is 21.1. The molecule has 2 nitrogen and oxygen atoms in total. The summed E-state index contributed by atoms with van der Waals surface area (Å²) in [7, 11) is 0. The lowest BCUT2D eigenvalue weighted by molar-refractivity contribution is 0.673. The number of fused-ring (bicyclic) bond motifs is 15. The van der Waals surface area contributed by atoms with Crippen molar-refractivity contribution in [3.8, 4) is 44.5 Å². The van der Waals surface area contributed by atoms with Gasteiger partial charge in [0.15, 0.2) is 0 Å². The molecule has 11 aromatic rings.